The zero-order chi connectivity index (χ0) is 15.2. The molecule has 0 atom stereocenters. The number of hydrogen-bond acceptors (Lipinski definition) is 4. The van der Waals surface area contributed by atoms with Gasteiger partial charge in [0.2, 0.25) is 10.0 Å². The van der Waals surface area contributed by atoms with Crippen LogP contribution < -0.4 is 10.5 Å². The third kappa shape index (κ3) is 5.07. The molecule has 1 aromatic carbocycles. The molecule has 0 bridgehead atoms. The molecule has 0 aliphatic rings. The summed E-state index contributed by atoms with van der Waals surface area (Å²) in [5, 5.41) is 7.91. The minimum absolute atomic E-state index is 0.221. The van der Waals surface area contributed by atoms with E-state index in [-0.39, 0.29) is 10.6 Å². The summed E-state index contributed by atoms with van der Waals surface area (Å²) in [6, 6.07) is 3.62. The molecule has 0 heterocycles. The lowest BCUT2D eigenvalue weighted by atomic mass is 10.3. The van der Waals surface area contributed by atoms with E-state index in [9.17, 15) is 12.8 Å². The van der Waals surface area contributed by atoms with Gasteiger partial charge in [-0.3, -0.25) is 0 Å². The van der Waals surface area contributed by atoms with Gasteiger partial charge in [-0.1, -0.05) is 13.8 Å². The van der Waals surface area contributed by atoms with Gasteiger partial charge in [0.25, 0.3) is 0 Å². The van der Waals surface area contributed by atoms with Crippen molar-refractivity contribution in [3.05, 3.63) is 24.0 Å². The molecule has 0 unspecified atom stereocenters. The lowest BCUT2D eigenvalue weighted by Crippen LogP contribution is -2.29. The van der Waals surface area contributed by atoms with Crippen molar-refractivity contribution in [3.63, 3.8) is 0 Å². The Morgan fingerprint density at radius 3 is 2.50 bits per heavy atom. The monoisotopic (exact) mass is 303 g/mol. The SMILES string of the molecule is CCCN(CC)CCNc1ccc(S(N)(=O)=O)cc1F. The van der Waals surface area contributed by atoms with Crippen LogP contribution in [0.25, 0.3) is 0 Å². The molecule has 114 valence electrons. The molecule has 1 aromatic rings. The van der Waals surface area contributed by atoms with Gasteiger partial charge < -0.3 is 10.2 Å². The van der Waals surface area contributed by atoms with Crippen LogP contribution in [0.15, 0.2) is 23.1 Å². The number of anilines is 1. The summed E-state index contributed by atoms with van der Waals surface area (Å²) in [5.74, 6) is -0.616. The highest BCUT2D eigenvalue weighted by Gasteiger charge is 2.11. The third-order valence-electron chi connectivity index (χ3n) is 3.00. The molecule has 20 heavy (non-hydrogen) atoms. The largest absolute Gasteiger partial charge is 0.381 e. The summed E-state index contributed by atoms with van der Waals surface area (Å²) < 4.78 is 35.9. The molecular weight excluding hydrogens is 281 g/mol. The van der Waals surface area contributed by atoms with Crippen molar-refractivity contribution in [2.45, 2.75) is 25.2 Å². The maximum absolute atomic E-state index is 13.7. The Balaban J connectivity index is 2.61. The average Bonchev–Trinajstić information content (AvgIpc) is 2.38. The van der Waals surface area contributed by atoms with Gasteiger partial charge in [0.15, 0.2) is 0 Å². The maximum atomic E-state index is 13.7. The van der Waals surface area contributed by atoms with Crippen LogP contribution in [0.5, 0.6) is 0 Å². The Kier molecular flexibility index (Phi) is 6.38. The van der Waals surface area contributed by atoms with Crippen LogP contribution >= 0.6 is 0 Å². The van der Waals surface area contributed by atoms with Gasteiger partial charge in [-0.15, -0.1) is 0 Å². The summed E-state index contributed by atoms with van der Waals surface area (Å²) in [7, 11) is -3.86. The second kappa shape index (κ2) is 7.56. The number of nitrogens with zero attached hydrogens (tertiary/aromatic N) is 1. The van der Waals surface area contributed by atoms with E-state index in [2.05, 4.69) is 24.1 Å². The molecule has 3 N–H and O–H groups in total. The number of rotatable bonds is 8. The van der Waals surface area contributed by atoms with E-state index in [1.54, 1.807) is 0 Å². The molecule has 0 aliphatic carbocycles. The number of benzene rings is 1. The summed E-state index contributed by atoms with van der Waals surface area (Å²) in [4.78, 5) is 2.03. The Morgan fingerprint density at radius 1 is 1.30 bits per heavy atom. The molecule has 0 amide bonds. The van der Waals surface area contributed by atoms with Crippen LogP contribution in [0, 0.1) is 5.82 Å². The number of sulfonamides is 1. The highest BCUT2D eigenvalue weighted by atomic mass is 32.2. The van der Waals surface area contributed by atoms with Crippen molar-refractivity contribution in [2.24, 2.45) is 5.14 Å². The fourth-order valence-electron chi connectivity index (χ4n) is 1.91. The number of likely N-dealkylation sites (N-methyl/N-ethyl adjacent to an activating group) is 1. The van der Waals surface area contributed by atoms with Crippen LogP contribution in [0.3, 0.4) is 0 Å². The van der Waals surface area contributed by atoms with E-state index < -0.39 is 15.8 Å². The van der Waals surface area contributed by atoms with E-state index >= 15 is 0 Å². The lowest BCUT2D eigenvalue weighted by molar-refractivity contribution is 0.300. The minimum atomic E-state index is -3.86. The first-order valence-corrected chi connectivity index (χ1v) is 8.21. The minimum Gasteiger partial charge on any atom is -0.381 e. The molecule has 0 aliphatic heterocycles. The Bertz CT molecular complexity index is 534. The highest BCUT2D eigenvalue weighted by molar-refractivity contribution is 7.89. The number of nitrogens with two attached hydrogens (primary N) is 1. The van der Waals surface area contributed by atoms with Gasteiger partial charge in [0.1, 0.15) is 5.82 Å². The zero-order valence-electron chi connectivity index (χ0n) is 11.9. The van der Waals surface area contributed by atoms with Gasteiger partial charge >= 0.3 is 0 Å². The molecular formula is C13H22FN3O2S. The Morgan fingerprint density at radius 2 is 2.00 bits per heavy atom. The average molecular weight is 303 g/mol. The van der Waals surface area contributed by atoms with E-state index in [1.807, 2.05) is 0 Å². The fraction of sp³-hybridized carbons (Fsp3) is 0.538. The van der Waals surface area contributed by atoms with E-state index in [1.165, 1.54) is 12.1 Å². The van der Waals surface area contributed by atoms with E-state index in [0.717, 1.165) is 32.1 Å². The van der Waals surface area contributed by atoms with E-state index in [4.69, 9.17) is 5.14 Å². The molecule has 0 saturated heterocycles. The lowest BCUT2D eigenvalue weighted by Gasteiger charge is -2.20. The van der Waals surface area contributed by atoms with Crippen molar-refractivity contribution >= 4 is 15.7 Å². The first-order chi connectivity index (χ1) is 9.38. The predicted molar refractivity (Wildman–Crippen MR) is 78.7 cm³/mol. The van der Waals surface area contributed by atoms with Crippen LogP contribution in [0.1, 0.15) is 20.3 Å². The van der Waals surface area contributed by atoms with Crippen LogP contribution in [0.2, 0.25) is 0 Å². The molecule has 0 fully saturated rings. The normalized spacial score (nSPS) is 11.8. The van der Waals surface area contributed by atoms with Gasteiger partial charge in [-0.2, -0.15) is 0 Å². The predicted octanol–water partition coefficient (Wildman–Crippen LogP) is 1.62. The zero-order valence-corrected chi connectivity index (χ0v) is 12.7. The molecule has 0 radical (unpaired) electrons. The maximum Gasteiger partial charge on any atom is 0.238 e. The van der Waals surface area contributed by atoms with Gasteiger partial charge in [0, 0.05) is 13.1 Å². The Hall–Kier alpha value is -1.18. The van der Waals surface area contributed by atoms with Gasteiger partial charge in [-0.25, -0.2) is 17.9 Å². The molecule has 7 heteroatoms. The van der Waals surface area contributed by atoms with Crippen molar-refractivity contribution in [1.29, 1.82) is 0 Å². The standard InChI is InChI=1S/C13H22FN3O2S/c1-3-8-17(4-2)9-7-16-13-6-5-11(10-12(13)14)20(15,18)19/h5-6,10,16H,3-4,7-9H2,1-2H3,(H2,15,18,19). The van der Waals surface area contributed by atoms with Gasteiger partial charge in [0.05, 0.1) is 10.6 Å². The van der Waals surface area contributed by atoms with Gasteiger partial charge in [-0.05, 0) is 37.7 Å². The second-order valence-corrected chi connectivity index (χ2v) is 6.11. The fourth-order valence-corrected chi connectivity index (χ4v) is 2.43. The number of halogens is 1. The summed E-state index contributed by atoms with van der Waals surface area (Å²) in [5.41, 5.74) is 0.282. The number of hydrogen-bond donors (Lipinski definition) is 2. The van der Waals surface area contributed by atoms with Crippen LogP contribution in [0.4, 0.5) is 10.1 Å². The van der Waals surface area contributed by atoms with Crippen LogP contribution in [-0.4, -0.2) is 39.5 Å². The molecule has 0 spiro atoms. The summed E-state index contributed by atoms with van der Waals surface area (Å²) >= 11 is 0. The first kappa shape index (κ1) is 16.9. The molecule has 1 rings (SSSR count). The molecule has 0 saturated carbocycles. The highest BCUT2D eigenvalue weighted by Crippen LogP contribution is 2.17. The van der Waals surface area contributed by atoms with Crippen molar-refractivity contribution in [3.8, 4) is 0 Å². The van der Waals surface area contributed by atoms with Crippen LogP contribution in [-0.2, 0) is 10.0 Å². The van der Waals surface area contributed by atoms with Crippen molar-refractivity contribution in [1.82, 2.24) is 4.90 Å². The van der Waals surface area contributed by atoms with Crippen molar-refractivity contribution < 1.29 is 12.8 Å². The number of nitrogens with one attached hydrogen (secondary N) is 1. The number of primary sulfonamides is 1. The third-order valence-corrected chi connectivity index (χ3v) is 3.91. The topological polar surface area (TPSA) is 75.4 Å². The molecule has 5 nitrogen and oxygen atoms in total. The quantitative estimate of drug-likeness (QED) is 0.765. The second-order valence-electron chi connectivity index (χ2n) is 4.55. The summed E-state index contributed by atoms with van der Waals surface area (Å²) in [6.07, 6.45) is 1.07. The smallest absolute Gasteiger partial charge is 0.238 e. The summed E-state index contributed by atoms with van der Waals surface area (Å²) in [6.45, 7) is 7.55. The molecule has 0 aromatic heterocycles. The first-order valence-electron chi connectivity index (χ1n) is 6.67. The van der Waals surface area contributed by atoms with Crippen molar-refractivity contribution in [2.75, 3.05) is 31.5 Å². The van der Waals surface area contributed by atoms with E-state index in [0.29, 0.717) is 6.54 Å². The Labute approximate surface area is 120 Å².